The van der Waals surface area contributed by atoms with Gasteiger partial charge in [-0.15, -0.1) is 0 Å². The standard InChI is InChI=1S/C9H17NO/c1-9(2,3)7-10-5-4-8(11)6-10/h4-7H2,1-3H3. The highest BCUT2D eigenvalue weighted by Crippen LogP contribution is 2.17. The van der Waals surface area contributed by atoms with Crippen LogP contribution in [0.25, 0.3) is 0 Å². The zero-order valence-electron chi connectivity index (χ0n) is 7.68. The van der Waals surface area contributed by atoms with Crippen LogP contribution in [0.15, 0.2) is 0 Å². The zero-order chi connectivity index (χ0) is 8.48. The number of carbonyl (C=O) groups is 1. The van der Waals surface area contributed by atoms with Crippen molar-refractivity contribution < 1.29 is 4.79 Å². The average molecular weight is 155 g/mol. The molecule has 0 aliphatic carbocycles. The number of rotatable bonds is 1. The summed E-state index contributed by atoms with van der Waals surface area (Å²) < 4.78 is 0. The summed E-state index contributed by atoms with van der Waals surface area (Å²) in [7, 11) is 0. The Kier molecular flexibility index (Phi) is 2.33. The third kappa shape index (κ3) is 3.02. The van der Waals surface area contributed by atoms with Gasteiger partial charge in [0.2, 0.25) is 0 Å². The first-order valence-electron chi connectivity index (χ1n) is 4.21. The van der Waals surface area contributed by atoms with Crippen molar-refractivity contribution in [2.75, 3.05) is 19.6 Å². The van der Waals surface area contributed by atoms with Crippen molar-refractivity contribution in [3.63, 3.8) is 0 Å². The van der Waals surface area contributed by atoms with E-state index in [4.69, 9.17) is 0 Å². The molecule has 2 heteroatoms. The van der Waals surface area contributed by atoms with Gasteiger partial charge in [-0.3, -0.25) is 9.69 Å². The van der Waals surface area contributed by atoms with E-state index < -0.39 is 0 Å². The molecule has 1 fully saturated rings. The quantitative estimate of drug-likeness (QED) is 0.569. The van der Waals surface area contributed by atoms with Crippen molar-refractivity contribution in [2.45, 2.75) is 27.2 Å². The lowest BCUT2D eigenvalue weighted by Crippen LogP contribution is -2.30. The predicted octanol–water partition coefficient (Wildman–Crippen LogP) is 1.31. The van der Waals surface area contributed by atoms with Gasteiger partial charge < -0.3 is 0 Å². The first-order valence-corrected chi connectivity index (χ1v) is 4.21. The van der Waals surface area contributed by atoms with Crippen LogP contribution in [0.4, 0.5) is 0 Å². The lowest BCUT2D eigenvalue weighted by Gasteiger charge is -2.24. The van der Waals surface area contributed by atoms with Gasteiger partial charge in [0, 0.05) is 19.5 Å². The van der Waals surface area contributed by atoms with E-state index in [2.05, 4.69) is 25.7 Å². The highest BCUT2D eigenvalue weighted by Gasteiger charge is 2.23. The predicted molar refractivity (Wildman–Crippen MR) is 45.5 cm³/mol. The minimum absolute atomic E-state index is 0.324. The lowest BCUT2D eigenvalue weighted by atomic mass is 9.96. The zero-order valence-corrected chi connectivity index (χ0v) is 7.68. The molecule has 0 unspecified atom stereocenters. The van der Waals surface area contributed by atoms with Crippen LogP contribution in [0.1, 0.15) is 27.2 Å². The first kappa shape index (κ1) is 8.72. The van der Waals surface area contributed by atoms with Gasteiger partial charge in [0.25, 0.3) is 0 Å². The molecule has 1 heterocycles. The smallest absolute Gasteiger partial charge is 0.148 e. The van der Waals surface area contributed by atoms with Gasteiger partial charge >= 0.3 is 0 Å². The minimum Gasteiger partial charge on any atom is -0.298 e. The van der Waals surface area contributed by atoms with E-state index in [0.717, 1.165) is 19.5 Å². The van der Waals surface area contributed by atoms with Crippen molar-refractivity contribution in [2.24, 2.45) is 5.41 Å². The summed E-state index contributed by atoms with van der Waals surface area (Å²) in [5, 5.41) is 0. The molecule has 1 saturated heterocycles. The van der Waals surface area contributed by atoms with E-state index in [-0.39, 0.29) is 0 Å². The topological polar surface area (TPSA) is 20.3 Å². The summed E-state index contributed by atoms with van der Waals surface area (Å²) in [4.78, 5) is 13.1. The molecule has 1 rings (SSSR count). The third-order valence-electron chi connectivity index (χ3n) is 1.80. The van der Waals surface area contributed by atoms with Crippen molar-refractivity contribution >= 4 is 5.78 Å². The molecule has 11 heavy (non-hydrogen) atoms. The Balaban J connectivity index is 2.34. The molecule has 1 aliphatic heterocycles. The van der Waals surface area contributed by atoms with Gasteiger partial charge in [0.15, 0.2) is 0 Å². The average Bonchev–Trinajstić information content (AvgIpc) is 2.10. The van der Waals surface area contributed by atoms with Gasteiger partial charge in [0.1, 0.15) is 5.78 Å². The van der Waals surface area contributed by atoms with E-state index >= 15 is 0 Å². The van der Waals surface area contributed by atoms with Crippen LogP contribution in [-0.2, 0) is 4.79 Å². The Labute approximate surface area is 68.6 Å². The Morgan fingerprint density at radius 3 is 2.45 bits per heavy atom. The van der Waals surface area contributed by atoms with Gasteiger partial charge in [-0.05, 0) is 5.41 Å². The van der Waals surface area contributed by atoms with Gasteiger partial charge in [-0.25, -0.2) is 0 Å². The normalized spacial score (nSPS) is 21.2. The van der Waals surface area contributed by atoms with Crippen molar-refractivity contribution in [1.82, 2.24) is 4.90 Å². The van der Waals surface area contributed by atoms with Crippen LogP contribution in [0, 0.1) is 5.41 Å². The Morgan fingerprint density at radius 1 is 1.45 bits per heavy atom. The summed E-state index contributed by atoms with van der Waals surface area (Å²) in [6.07, 6.45) is 0.760. The van der Waals surface area contributed by atoms with Crippen molar-refractivity contribution in [3.8, 4) is 0 Å². The Hall–Kier alpha value is -0.370. The maximum Gasteiger partial charge on any atom is 0.148 e. The first-order chi connectivity index (χ1) is 4.97. The number of carbonyl (C=O) groups excluding carboxylic acids is 1. The maximum atomic E-state index is 10.9. The summed E-state index contributed by atoms with van der Waals surface area (Å²) in [5.41, 5.74) is 0.324. The summed E-state index contributed by atoms with van der Waals surface area (Å²) in [6, 6.07) is 0. The maximum absolute atomic E-state index is 10.9. The van der Waals surface area contributed by atoms with Crippen LogP contribution in [0.2, 0.25) is 0 Å². The fraction of sp³-hybridized carbons (Fsp3) is 0.889. The third-order valence-corrected chi connectivity index (χ3v) is 1.80. The molecule has 0 aromatic carbocycles. The van der Waals surface area contributed by atoms with E-state index in [1.165, 1.54) is 0 Å². The number of hydrogen-bond acceptors (Lipinski definition) is 2. The van der Waals surface area contributed by atoms with E-state index in [9.17, 15) is 4.79 Å². The number of likely N-dealkylation sites (tertiary alicyclic amines) is 1. The largest absolute Gasteiger partial charge is 0.298 e. The highest BCUT2D eigenvalue weighted by atomic mass is 16.1. The fourth-order valence-corrected chi connectivity index (χ4v) is 1.50. The molecule has 64 valence electrons. The van der Waals surface area contributed by atoms with E-state index in [1.54, 1.807) is 0 Å². The Morgan fingerprint density at radius 2 is 2.09 bits per heavy atom. The molecule has 0 radical (unpaired) electrons. The van der Waals surface area contributed by atoms with Crippen LogP contribution in [0.3, 0.4) is 0 Å². The fourth-order valence-electron chi connectivity index (χ4n) is 1.50. The summed E-state index contributed by atoms with van der Waals surface area (Å²) in [6.45, 7) is 9.30. The van der Waals surface area contributed by atoms with Crippen LogP contribution in [0.5, 0.6) is 0 Å². The van der Waals surface area contributed by atoms with Crippen LogP contribution >= 0.6 is 0 Å². The molecular weight excluding hydrogens is 138 g/mol. The molecule has 0 aromatic heterocycles. The molecular formula is C9H17NO. The summed E-state index contributed by atoms with van der Waals surface area (Å²) >= 11 is 0. The number of hydrogen-bond donors (Lipinski definition) is 0. The number of Topliss-reactive ketones (excluding diaryl/α,β-unsaturated/α-hetero) is 1. The van der Waals surface area contributed by atoms with Crippen molar-refractivity contribution in [3.05, 3.63) is 0 Å². The van der Waals surface area contributed by atoms with Crippen LogP contribution in [-0.4, -0.2) is 30.3 Å². The second-order valence-electron chi connectivity index (χ2n) is 4.56. The molecule has 0 amide bonds. The molecule has 0 spiro atoms. The molecule has 0 saturated carbocycles. The second kappa shape index (κ2) is 2.94. The molecule has 1 aliphatic rings. The van der Waals surface area contributed by atoms with E-state index in [0.29, 0.717) is 17.7 Å². The Bertz CT molecular complexity index is 157. The molecule has 0 N–H and O–H groups in total. The number of nitrogens with zero attached hydrogens (tertiary/aromatic N) is 1. The molecule has 2 nitrogen and oxygen atoms in total. The van der Waals surface area contributed by atoms with Crippen molar-refractivity contribution in [1.29, 1.82) is 0 Å². The molecule has 0 atom stereocenters. The second-order valence-corrected chi connectivity index (χ2v) is 4.56. The van der Waals surface area contributed by atoms with Crippen LogP contribution < -0.4 is 0 Å². The van der Waals surface area contributed by atoms with E-state index in [1.807, 2.05) is 0 Å². The number of ketones is 1. The minimum atomic E-state index is 0.324. The van der Waals surface area contributed by atoms with Gasteiger partial charge in [-0.1, -0.05) is 20.8 Å². The monoisotopic (exact) mass is 155 g/mol. The summed E-state index contributed by atoms with van der Waals surface area (Å²) in [5.74, 6) is 0.397. The van der Waals surface area contributed by atoms with Gasteiger partial charge in [-0.2, -0.15) is 0 Å². The molecule has 0 bridgehead atoms. The van der Waals surface area contributed by atoms with Gasteiger partial charge in [0.05, 0.1) is 6.54 Å². The lowest BCUT2D eigenvalue weighted by molar-refractivity contribution is -0.116. The highest BCUT2D eigenvalue weighted by molar-refractivity contribution is 5.82. The SMILES string of the molecule is CC(C)(C)CN1CCC(=O)C1. The molecule has 0 aromatic rings.